The van der Waals surface area contributed by atoms with Crippen LogP contribution in [0.15, 0.2) is 18.2 Å². The smallest absolute Gasteiger partial charge is 0.137 e. The van der Waals surface area contributed by atoms with Gasteiger partial charge in [-0.15, -0.1) is 0 Å². The Bertz CT molecular complexity index is 313. The van der Waals surface area contributed by atoms with E-state index in [0.29, 0.717) is 0 Å². The van der Waals surface area contributed by atoms with Crippen molar-refractivity contribution in [3.05, 3.63) is 35.4 Å². The third kappa shape index (κ3) is 1.91. The molecule has 0 aliphatic carbocycles. The SMILES string of the molecule is CC(=O)C(C)c1c(F)cccc1F. The van der Waals surface area contributed by atoms with Crippen molar-refractivity contribution in [3.63, 3.8) is 0 Å². The molecule has 0 spiro atoms. The Morgan fingerprint density at radius 1 is 1.31 bits per heavy atom. The Morgan fingerprint density at radius 2 is 1.77 bits per heavy atom. The maximum absolute atomic E-state index is 13.1. The summed E-state index contributed by atoms with van der Waals surface area (Å²) in [4.78, 5) is 10.9. The minimum Gasteiger partial charge on any atom is -0.299 e. The van der Waals surface area contributed by atoms with Gasteiger partial charge in [0.05, 0.1) is 0 Å². The molecule has 3 heteroatoms. The molecule has 0 aliphatic heterocycles. The van der Waals surface area contributed by atoms with Crippen LogP contribution in [0.4, 0.5) is 8.78 Å². The molecule has 1 nitrogen and oxygen atoms in total. The van der Waals surface area contributed by atoms with Crippen molar-refractivity contribution in [2.45, 2.75) is 19.8 Å². The lowest BCUT2D eigenvalue weighted by Gasteiger charge is -2.09. The van der Waals surface area contributed by atoms with Crippen LogP contribution >= 0.6 is 0 Å². The molecule has 1 aromatic rings. The van der Waals surface area contributed by atoms with Crippen molar-refractivity contribution in [2.75, 3.05) is 0 Å². The lowest BCUT2D eigenvalue weighted by molar-refractivity contribution is -0.118. The van der Waals surface area contributed by atoms with E-state index in [1.807, 2.05) is 0 Å². The fraction of sp³-hybridized carbons (Fsp3) is 0.300. The number of hydrogen-bond acceptors (Lipinski definition) is 1. The van der Waals surface area contributed by atoms with E-state index in [0.717, 1.165) is 12.1 Å². The van der Waals surface area contributed by atoms with Gasteiger partial charge < -0.3 is 0 Å². The quantitative estimate of drug-likeness (QED) is 0.690. The molecule has 0 amide bonds. The van der Waals surface area contributed by atoms with Crippen LogP contribution in [0.3, 0.4) is 0 Å². The first-order chi connectivity index (χ1) is 6.04. The number of halogens is 2. The van der Waals surface area contributed by atoms with Gasteiger partial charge in [-0.05, 0) is 19.1 Å². The molecule has 0 fully saturated rings. The summed E-state index contributed by atoms with van der Waals surface area (Å²) in [6.07, 6.45) is 0. The van der Waals surface area contributed by atoms with Gasteiger partial charge in [-0.2, -0.15) is 0 Å². The molecule has 0 saturated carbocycles. The third-order valence-corrected chi connectivity index (χ3v) is 2.04. The topological polar surface area (TPSA) is 17.1 Å². The predicted octanol–water partition coefficient (Wildman–Crippen LogP) is 2.66. The molecule has 1 aromatic carbocycles. The molecule has 0 aromatic heterocycles. The summed E-state index contributed by atoms with van der Waals surface area (Å²) in [6, 6.07) is 3.58. The molecule has 0 N–H and O–H groups in total. The molecular weight excluding hydrogens is 174 g/mol. The predicted molar refractivity (Wildman–Crippen MR) is 45.5 cm³/mol. The monoisotopic (exact) mass is 184 g/mol. The summed E-state index contributed by atoms with van der Waals surface area (Å²) in [5.74, 6) is -2.30. The maximum Gasteiger partial charge on any atom is 0.137 e. The van der Waals surface area contributed by atoms with Crippen molar-refractivity contribution >= 4 is 5.78 Å². The lowest BCUT2D eigenvalue weighted by Crippen LogP contribution is -2.08. The van der Waals surface area contributed by atoms with Crippen molar-refractivity contribution < 1.29 is 13.6 Å². The fourth-order valence-electron chi connectivity index (χ4n) is 1.13. The molecule has 0 aliphatic rings. The number of benzene rings is 1. The summed E-state index contributed by atoms with van der Waals surface area (Å²) < 4.78 is 26.1. The Hall–Kier alpha value is -1.25. The second kappa shape index (κ2) is 3.64. The molecule has 1 unspecified atom stereocenters. The minimum absolute atomic E-state index is 0.144. The van der Waals surface area contributed by atoms with Gasteiger partial charge in [-0.3, -0.25) is 4.79 Å². The number of rotatable bonds is 2. The summed E-state index contributed by atoms with van der Waals surface area (Å²) in [5, 5.41) is 0. The maximum atomic E-state index is 13.1. The molecule has 1 rings (SSSR count). The summed E-state index contributed by atoms with van der Waals surface area (Å²) in [5.41, 5.74) is -0.144. The number of Topliss-reactive ketones (excluding diaryl/α,β-unsaturated/α-hetero) is 1. The Morgan fingerprint density at radius 3 is 2.15 bits per heavy atom. The lowest BCUT2D eigenvalue weighted by atomic mass is 9.96. The molecule has 13 heavy (non-hydrogen) atoms. The number of hydrogen-bond donors (Lipinski definition) is 0. The average molecular weight is 184 g/mol. The van der Waals surface area contributed by atoms with Crippen LogP contribution < -0.4 is 0 Å². The van der Waals surface area contributed by atoms with Gasteiger partial charge in [0, 0.05) is 11.5 Å². The first-order valence-electron chi connectivity index (χ1n) is 3.98. The summed E-state index contributed by atoms with van der Waals surface area (Å²) in [7, 11) is 0. The largest absolute Gasteiger partial charge is 0.299 e. The number of carbonyl (C=O) groups excluding carboxylic acids is 1. The van der Waals surface area contributed by atoms with E-state index in [9.17, 15) is 13.6 Å². The van der Waals surface area contributed by atoms with E-state index in [1.165, 1.54) is 19.9 Å². The first kappa shape index (κ1) is 9.84. The second-order valence-electron chi connectivity index (χ2n) is 2.97. The van der Waals surface area contributed by atoms with Gasteiger partial charge in [-0.1, -0.05) is 13.0 Å². The van der Waals surface area contributed by atoms with E-state index in [2.05, 4.69) is 0 Å². The highest BCUT2D eigenvalue weighted by atomic mass is 19.1. The van der Waals surface area contributed by atoms with Crippen molar-refractivity contribution in [3.8, 4) is 0 Å². The van der Waals surface area contributed by atoms with Gasteiger partial charge in [0.2, 0.25) is 0 Å². The van der Waals surface area contributed by atoms with Crippen LogP contribution in [0.25, 0.3) is 0 Å². The highest BCUT2D eigenvalue weighted by molar-refractivity contribution is 5.83. The zero-order valence-corrected chi connectivity index (χ0v) is 7.47. The molecule has 1 atom stereocenters. The highest BCUT2D eigenvalue weighted by Crippen LogP contribution is 2.22. The molecule has 0 bridgehead atoms. The van der Waals surface area contributed by atoms with Crippen molar-refractivity contribution in [1.82, 2.24) is 0 Å². The van der Waals surface area contributed by atoms with Gasteiger partial charge in [0.1, 0.15) is 17.4 Å². The van der Waals surface area contributed by atoms with E-state index in [1.54, 1.807) is 0 Å². The van der Waals surface area contributed by atoms with Crippen LogP contribution in [-0.4, -0.2) is 5.78 Å². The van der Waals surface area contributed by atoms with Crippen molar-refractivity contribution in [1.29, 1.82) is 0 Å². The Kier molecular flexibility index (Phi) is 2.76. The third-order valence-electron chi connectivity index (χ3n) is 2.04. The van der Waals surface area contributed by atoms with Crippen LogP contribution in [0.2, 0.25) is 0 Å². The number of ketones is 1. The highest BCUT2D eigenvalue weighted by Gasteiger charge is 2.18. The zero-order chi connectivity index (χ0) is 10.0. The molecule has 70 valence electrons. The van der Waals surface area contributed by atoms with Crippen LogP contribution in [0.1, 0.15) is 25.3 Å². The summed E-state index contributed by atoms with van der Waals surface area (Å²) in [6.45, 7) is 2.81. The Balaban J connectivity index is 3.20. The average Bonchev–Trinajstić information content (AvgIpc) is 2.03. The van der Waals surface area contributed by atoms with Gasteiger partial charge in [0.15, 0.2) is 0 Å². The van der Waals surface area contributed by atoms with Gasteiger partial charge in [0.25, 0.3) is 0 Å². The Labute approximate surface area is 75.4 Å². The van der Waals surface area contributed by atoms with E-state index in [4.69, 9.17) is 0 Å². The fourth-order valence-corrected chi connectivity index (χ4v) is 1.13. The molecule has 0 saturated heterocycles. The van der Waals surface area contributed by atoms with E-state index < -0.39 is 17.6 Å². The van der Waals surface area contributed by atoms with Gasteiger partial charge >= 0.3 is 0 Å². The van der Waals surface area contributed by atoms with Crippen LogP contribution in [-0.2, 0) is 4.79 Å². The zero-order valence-electron chi connectivity index (χ0n) is 7.47. The van der Waals surface area contributed by atoms with Crippen LogP contribution in [0, 0.1) is 11.6 Å². The molecular formula is C10H10F2O. The van der Waals surface area contributed by atoms with Crippen molar-refractivity contribution in [2.24, 2.45) is 0 Å². The van der Waals surface area contributed by atoms with E-state index >= 15 is 0 Å². The normalized spacial score (nSPS) is 12.6. The second-order valence-corrected chi connectivity index (χ2v) is 2.97. The summed E-state index contributed by atoms with van der Waals surface area (Å²) >= 11 is 0. The first-order valence-corrected chi connectivity index (χ1v) is 3.98. The van der Waals surface area contributed by atoms with E-state index in [-0.39, 0.29) is 11.3 Å². The van der Waals surface area contributed by atoms with Crippen LogP contribution in [0.5, 0.6) is 0 Å². The van der Waals surface area contributed by atoms with Gasteiger partial charge in [-0.25, -0.2) is 8.78 Å². The minimum atomic E-state index is -0.721. The standard InChI is InChI=1S/C10H10F2O/c1-6(7(2)13)10-8(11)4-3-5-9(10)12/h3-6H,1-2H3. The molecule has 0 radical (unpaired) electrons. The molecule has 0 heterocycles. The number of carbonyl (C=O) groups is 1.